The van der Waals surface area contributed by atoms with Crippen molar-refractivity contribution in [2.24, 2.45) is 28.2 Å². The smallest absolute Gasteiger partial charge is 0.224 e. The van der Waals surface area contributed by atoms with Gasteiger partial charge in [-0.15, -0.1) is 0 Å². The lowest BCUT2D eigenvalue weighted by molar-refractivity contribution is -0.139. The molecule has 2 aliphatic heterocycles. The van der Waals surface area contributed by atoms with Crippen LogP contribution in [0.3, 0.4) is 0 Å². The van der Waals surface area contributed by atoms with Crippen molar-refractivity contribution in [3.63, 3.8) is 0 Å². The van der Waals surface area contributed by atoms with Gasteiger partial charge in [0.15, 0.2) is 5.78 Å². The number of hydrogen-bond donors (Lipinski definition) is 3. The quantitative estimate of drug-likeness (QED) is 0.458. The van der Waals surface area contributed by atoms with Gasteiger partial charge < -0.3 is 20.5 Å². The van der Waals surface area contributed by atoms with Crippen LogP contribution in [-0.4, -0.2) is 60.7 Å². The van der Waals surface area contributed by atoms with E-state index in [0.717, 1.165) is 23.2 Å². The number of aliphatic hydroxyl groups is 1. The third-order valence-electron chi connectivity index (χ3n) is 8.13. The van der Waals surface area contributed by atoms with Gasteiger partial charge in [0.2, 0.25) is 5.91 Å². The van der Waals surface area contributed by atoms with Crippen LogP contribution in [0.4, 0.5) is 0 Å². The van der Waals surface area contributed by atoms with Crippen molar-refractivity contribution in [3.05, 3.63) is 41.1 Å². The summed E-state index contributed by atoms with van der Waals surface area (Å²) in [6.07, 6.45) is 2.61. The third kappa shape index (κ3) is 6.65. The van der Waals surface area contributed by atoms with E-state index in [-0.39, 0.29) is 36.7 Å². The Labute approximate surface area is 225 Å². The maximum Gasteiger partial charge on any atom is 0.224 e. The number of ether oxygens (including phenoxy) is 1. The molecule has 1 aromatic rings. The lowest BCUT2D eigenvalue weighted by Crippen LogP contribution is -2.48. The van der Waals surface area contributed by atoms with Crippen LogP contribution in [0.15, 0.2) is 35.0 Å². The van der Waals surface area contributed by atoms with Crippen molar-refractivity contribution in [2.45, 2.75) is 72.1 Å². The number of amides is 1. The van der Waals surface area contributed by atoms with Crippen LogP contribution in [0.5, 0.6) is 0 Å². The largest absolute Gasteiger partial charge is 0.393 e. The molecule has 8 heteroatoms. The zero-order chi connectivity index (χ0) is 27.4. The summed E-state index contributed by atoms with van der Waals surface area (Å²) in [4.78, 5) is 44.4. The number of nitrogens with zero attached hydrogens (tertiary/aromatic N) is 1. The van der Waals surface area contributed by atoms with E-state index >= 15 is 0 Å². The van der Waals surface area contributed by atoms with Gasteiger partial charge in [-0.2, -0.15) is 0 Å². The molecule has 0 radical (unpaired) electrons. The molecule has 2 fully saturated rings. The van der Waals surface area contributed by atoms with Crippen LogP contribution < -0.4 is 10.6 Å². The second kappa shape index (κ2) is 12.0. The highest BCUT2D eigenvalue weighted by molar-refractivity contribution is 5.95. The predicted molar refractivity (Wildman–Crippen MR) is 146 cm³/mol. The molecule has 4 rings (SSSR count). The van der Waals surface area contributed by atoms with Gasteiger partial charge in [-0.25, -0.2) is 0 Å². The Bertz CT molecular complexity index is 1100. The first-order chi connectivity index (χ1) is 18.0. The van der Waals surface area contributed by atoms with Crippen LogP contribution in [0.1, 0.15) is 64.5 Å². The second-order valence-electron chi connectivity index (χ2n) is 11.9. The van der Waals surface area contributed by atoms with Gasteiger partial charge in [0.05, 0.1) is 31.3 Å². The predicted octanol–water partition coefficient (Wildman–Crippen LogP) is 3.07. The average molecular weight is 524 g/mol. The summed E-state index contributed by atoms with van der Waals surface area (Å²) in [6, 6.07) is 7.65. The van der Waals surface area contributed by atoms with E-state index in [9.17, 15) is 19.5 Å². The monoisotopic (exact) mass is 523 g/mol. The number of morpholine rings is 1. The molecule has 1 saturated carbocycles. The lowest BCUT2D eigenvalue weighted by Gasteiger charge is -2.34. The van der Waals surface area contributed by atoms with E-state index in [1.165, 1.54) is 5.57 Å². The number of rotatable bonds is 9. The molecule has 1 amide bonds. The van der Waals surface area contributed by atoms with Gasteiger partial charge in [-0.05, 0) is 41.9 Å². The number of aliphatic imine (C=N–C) groups is 1. The molecule has 1 saturated heterocycles. The number of nitrogens with one attached hydrogen (secondary N) is 2. The van der Waals surface area contributed by atoms with Crippen molar-refractivity contribution >= 4 is 29.3 Å². The standard InChI is InChI=1S/C30H41N3O5/c1-18-22(9-10-31-18)20-7-5-19(6-8-20)16-33-29(37)24-14-21(34)13-23(24)28(36)25(30(2,3)4)15-27(35)26-17-38-12-11-32-26/h5-8,10,21,23-26,32,34H,9,11-17H2,1-4H3,(H,33,37)/t21-,23?,24+,25+,26-/m0/s1. The molecule has 0 aromatic heterocycles. The highest BCUT2D eigenvalue weighted by Gasteiger charge is 2.47. The van der Waals surface area contributed by atoms with Crippen molar-refractivity contribution in [1.29, 1.82) is 0 Å². The van der Waals surface area contributed by atoms with Gasteiger partial charge >= 0.3 is 0 Å². The fourth-order valence-corrected chi connectivity index (χ4v) is 5.79. The van der Waals surface area contributed by atoms with Crippen molar-refractivity contribution in [3.8, 4) is 0 Å². The Balaban J connectivity index is 1.40. The van der Waals surface area contributed by atoms with Crippen LogP contribution in [-0.2, 0) is 25.7 Å². The molecule has 1 unspecified atom stereocenters. The summed E-state index contributed by atoms with van der Waals surface area (Å²) in [6.45, 7) is 9.68. The Kier molecular flexibility index (Phi) is 8.96. The van der Waals surface area contributed by atoms with Gasteiger partial charge in [0.25, 0.3) is 0 Å². The number of benzene rings is 1. The zero-order valence-corrected chi connectivity index (χ0v) is 23.0. The number of ketones is 2. The number of carbonyl (C=O) groups excluding carboxylic acids is 3. The first-order valence-corrected chi connectivity index (χ1v) is 13.7. The number of Topliss-reactive ketones (excluding diaryl/α,β-unsaturated/α-hetero) is 2. The van der Waals surface area contributed by atoms with Crippen molar-refractivity contribution in [2.75, 3.05) is 19.8 Å². The normalized spacial score (nSPS) is 26.4. The molecular weight excluding hydrogens is 482 g/mol. The van der Waals surface area contributed by atoms with E-state index in [2.05, 4.69) is 15.6 Å². The first-order valence-electron chi connectivity index (χ1n) is 13.7. The van der Waals surface area contributed by atoms with Gasteiger partial charge in [0, 0.05) is 49.7 Å². The van der Waals surface area contributed by atoms with E-state index in [1.807, 2.05) is 58.2 Å². The maximum atomic E-state index is 13.8. The molecule has 38 heavy (non-hydrogen) atoms. The Morgan fingerprint density at radius 3 is 2.47 bits per heavy atom. The number of aliphatic hydroxyl groups excluding tert-OH is 1. The van der Waals surface area contributed by atoms with Crippen LogP contribution in [0.25, 0.3) is 5.57 Å². The number of hydrogen-bond acceptors (Lipinski definition) is 7. The van der Waals surface area contributed by atoms with Gasteiger partial charge in [-0.1, -0.05) is 45.0 Å². The second-order valence-corrected chi connectivity index (χ2v) is 11.9. The Morgan fingerprint density at radius 2 is 1.87 bits per heavy atom. The lowest BCUT2D eigenvalue weighted by atomic mass is 9.70. The molecule has 3 N–H and O–H groups in total. The highest BCUT2D eigenvalue weighted by Crippen LogP contribution is 2.40. The molecule has 8 nitrogen and oxygen atoms in total. The molecule has 0 bridgehead atoms. The van der Waals surface area contributed by atoms with Crippen LogP contribution in [0.2, 0.25) is 0 Å². The van der Waals surface area contributed by atoms with E-state index in [1.54, 1.807) is 0 Å². The van der Waals surface area contributed by atoms with E-state index in [4.69, 9.17) is 4.74 Å². The minimum absolute atomic E-state index is 0.0453. The molecule has 206 valence electrons. The molecule has 1 aromatic carbocycles. The summed E-state index contributed by atoms with van der Waals surface area (Å²) in [7, 11) is 0. The average Bonchev–Trinajstić information content (AvgIpc) is 3.50. The third-order valence-corrected chi connectivity index (χ3v) is 8.13. The number of allylic oxidation sites excluding steroid dienone is 2. The van der Waals surface area contributed by atoms with Gasteiger partial charge in [-0.3, -0.25) is 19.4 Å². The molecule has 3 aliphatic rings. The Morgan fingerprint density at radius 1 is 1.16 bits per heavy atom. The molecule has 1 aliphatic carbocycles. The summed E-state index contributed by atoms with van der Waals surface area (Å²) in [5, 5.41) is 16.6. The van der Waals surface area contributed by atoms with Crippen molar-refractivity contribution in [1.82, 2.24) is 10.6 Å². The summed E-state index contributed by atoms with van der Waals surface area (Å²) in [5.41, 5.74) is 3.86. The SMILES string of the molecule is CC1=C(c2ccc(CNC(=O)[C@@H]3C[C@@H](O)CC3C(=O)[C@@H](CC(=O)[C@@H]3COCCN3)C(C)(C)C)cc2)CC=N1. The fourth-order valence-electron chi connectivity index (χ4n) is 5.79. The molecule has 0 spiro atoms. The summed E-state index contributed by atoms with van der Waals surface area (Å²) < 4.78 is 5.43. The van der Waals surface area contributed by atoms with Crippen LogP contribution in [0, 0.1) is 23.2 Å². The number of carbonyl (C=O) groups is 3. The minimum Gasteiger partial charge on any atom is -0.393 e. The fraction of sp³-hybridized carbons (Fsp3) is 0.600. The minimum atomic E-state index is -0.714. The first kappa shape index (κ1) is 28.3. The highest BCUT2D eigenvalue weighted by atomic mass is 16.5. The molecule has 5 atom stereocenters. The summed E-state index contributed by atoms with van der Waals surface area (Å²) in [5.74, 6) is -2.15. The maximum absolute atomic E-state index is 13.8. The molecule has 2 heterocycles. The summed E-state index contributed by atoms with van der Waals surface area (Å²) >= 11 is 0. The van der Waals surface area contributed by atoms with Gasteiger partial charge in [0.1, 0.15) is 5.78 Å². The van der Waals surface area contributed by atoms with Crippen LogP contribution >= 0.6 is 0 Å². The van der Waals surface area contributed by atoms with E-state index < -0.39 is 35.3 Å². The van der Waals surface area contributed by atoms with E-state index in [0.29, 0.717) is 26.3 Å². The van der Waals surface area contributed by atoms with Crippen molar-refractivity contribution < 1.29 is 24.2 Å². The zero-order valence-electron chi connectivity index (χ0n) is 23.0. The topological polar surface area (TPSA) is 117 Å². The Hall–Kier alpha value is -2.68. The molecular formula is C30H41N3O5.